The van der Waals surface area contributed by atoms with Gasteiger partial charge in [0.1, 0.15) is 5.69 Å². The van der Waals surface area contributed by atoms with Crippen LogP contribution in [0.3, 0.4) is 0 Å². The summed E-state index contributed by atoms with van der Waals surface area (Å²) >= 11 is 0. The van der Waals surface area contributed by atoms with Gasteiger partial charge in [-0.1, -0.05) is 29.4 Å². The van der Waals surface area contributed by atoms with Crippen molar-refractivity contribution in [3.8, 4) is 0 Å². The lowest BCUT2D eigenvalue weighted by Gasteiger charge is -2.29. The van der Waals surface area contributed by atoms with Crippen LogP contribution < -0.4 is 9.62 Å². The minimum atomic E-state index is -3.83. The maximum absolute atomic E-state index is 12.5. The second-order valence-electron chi connectivity index (χ2n) is 6.48. The summed E-state index contributed by atoms with van der Waals surface area (Å²) < 4.78 is 32.4. The Labute approximate surface area is 157 Å². The number of hydrogen-bond acceptors (Lipinski definition) is 7. The molecule has 0 aliphatic carbocycles. The molecule has 0 saturated carbocycles. The molecule has 3 heterocycles. The molecule has 0 bridgehead atoms. The molecule has 9 heteroatoms. The standard InChI is InChI=1S/C18H19N5O3S/c1-12-18(13(2)26-21-12)27(24,25)22-16-7-8-17(20-19-16)23-10-9-14-5-3-4-6-15(14)11-23/h3-8H,9-11H2,1-2H3,(H,19,22). The number of aromatic nitrogens is 3. The smallest absolute Gasteiger partial charge is 0.268 e. The molecule has 1 N–H and O–H groups in total. The summed E-state index contributed by atoms with van der Waals surface area (Å²) in [6.45, 7) is 4.73. The number of nitrogens with zero attached hydrogens (tertiary/aromatic N) is 4. The van der Waals surface area contributed by atoms with E-state index in [1.165, 1.54) is 11.1 Å². The number of rotatable bonds is 4. The van der Waals surface area contributed by atoms with Gasteiger partial charge in [0, 0.05) is 13.1 Å². The Morgan fingerprint density at radius 2 is 1.85 bits per heavy atom. The SMILES string of the molecule is Cc1noc(C)c1S(=O)(=O)Nc1ccc(N2CCc3ccccc3C2)nn1. The van der Waals surface area contributed by atoms with E-state index in [1.54, 1.807) is 26.0 Å². The summed E-state index contributed by atoms with van der Waals surface area (Å²) in [6, 6.07) is 11.7. The lowest BCUT2D eigenvalue weighted by atomic mass is 10.00. The zero-order valence-electron chi connectivity index (χ0n) is 15.0. The number of sulfonamides is 1. The molecule has 0 unspecified atom stereocenters. The molecule has 0 fully saturated rings. The lowest BCUT2D eigenvalue weighted by Crippen LogP contribution is -2.31. The minimum Gasteiger partial charge on any atom is -0.360 e. The van der Waals surface area contributed by atoms with Gasteiger partial charge in [0.15, 0.2) is 22.3 Å². The minimum absolute atomic E-state index is 0.0287. The van der Waals surface area contributed by atoms with E-state index in [0.29, 0.717) is 11.5 Å². The molecule has 0 amide bonds. The van der Waals surface area contributed by atoms with Crippen molar-refractivity contribution in [3.63, 3.8) is 0 Å². The Balaban J connectivity index is 1.52. The third-order valence-corrected chi connectivity index (χ3v) is 6.18. The number of nitrogens with one attached hydrogen (secondary N) is 1. The Kier molecular flexibility index (Phi) is 4.31. The van der Waals surface area contributed by atoms with Gasteiger partial charge in [-0.2, -0.15) is 0 Å². The summed E-state index contributed by atoms with van der Waals surface area (Å²) in [6.07, 6.45) is 0.943. The van der Waals surface area contributed by atoms with E-state index in [0.717, 1.165) is 19.5 Å². The first kappa shape index (κ1) is 17.5. The highest BCUT2D eigenvalue weighted by Crippen LogP contribution is 2.24. The first-order chi connectivity index (χ1) is 12.9. The highest BCUT2D eigenvalue weighted by Gasteiger charge is 2.25. The van der Waals surface area contributed by atoms with Crippen LogP contribution in [0, 0.1) is 13.8 Å². The fourth-order valence-corrected chi connectivity index (χ4v) is 4.61. The van der Waals surface area contributed by atoms with E-state index in [1.807, 2.05) is 12.1 Å². The monoisotopic (exact) mass is 385 g/mol. The average Bonchev–Trinajstić information content (AvgIpc) is 3.01. The molecule has 8 nitrogen and oxygen atoms in total. The second-order valence-corrected chi connectivity index (χ2v) is 8.10. The Bertz CT molecular complexity index is 1060. The molecule has 0 spiro atoms. The summed E-state index contributed by atoms with van der Waals surface area (Å²) in [4.78, 5) is 2.16. The number of fused-ring (bicyclic) bond motifs is 1. The molecule has 1 aliphatic rings. The average molecular weight is 385 g/mol. The van der Waals surface area contributed by atoms with Crippen molar-refractivity contribution in [2.75, 3.05) is 16.2 Å². The van der Waals surface area contributed by atoms with Crippen LogP contribution in [-0.2, 0) is 23.0 Å². The molecule has 4 rings (SSSR count). The van der Waals surface area contributed by atoms with Crippen molar-refractivity contribution in [2.45, 2.75) is 31.7 Å². The van der Waals surface area contributed by atoms with Crippen LogP contribution in [0.1, 0.15) is 22.6 Å². The number of aryl methyl sites for hydroxylation is 2. The van der Waals surface area contributed by atoms with Crippen LogP contribution in [0.2, 0.25) is 0 Å². The Morgan fingerprint density at radius 3 is 2.52 bits per heavy atom. The van der Waals surface area contributed by atoms with E-state index < -0.39 is 10.0 Å². The molecule has 140 valence electrons. The van der Waals surface area contributed by atoms with Crippen molar-refractivity contribution in [3.05, 3.63) is 59.0 Å². The van der Waals surface area contributed by atoms with Gasteiger partial charge in [-0.3, -0.25) is 4.72 Å². The van der Waals surface area contributed by atoms with Gasteiger partial charge >= 0.3 is 0 Å². The summed E-state index contributed by atoms with van der Waals surface area (Å²) in [5.74, 6) is 1.09. The van der Waals surface area contributed by atoms with Crippen LogP contribution in [0.15, 0.2) is 45.8 Å². The zero-order valence-corrected chi connectivity index (χ0v) is 15.8. The Hall–Kier alpha value is -2.94. The van der Waals surface area contributed by atoms with Crippen LogP contribution >= 0.6 is 0 Å². The van der Waals surface area contributed by atoms with Crippen LogP contribution in [0.4, 0.5) is 11.6 Å². The van der Waals surface area contributed by atoms with Gasteiger partial charge in [-0.15, -0.1) is 10.2 Å². The first-order valence-electron chi connectivity index (χ1n) is 8.55. The molecule has 3 aromatic rings. The maximum Gasteiger partial charge on any atom is 0.268 e. The molecule has 0 radical (unpaired) electrons. The van der Waals surface area contributed by atoms with Gasteiger partial charge in [-0.05, 0) is 43.5 Å². The zero-order chi connectivity index (χ0) is 19.0. The quantitative estimate of drug-likeness (QED) is 0.736. The van der Waals surface area contributed by atoms with Gasteiger partial charge in [0.25, 0.3) is 10.0 Å². The van der Waals surface area contributed by atoms with E-state index in [2.05, 4.69) is 37.1 Å². The first-order valence-corrected chi connectivity index (χ1v) is 10.0. The number of anilines is 2. The molecule has 27 heavy (non-hydrogen) atoms. The summed E-state index contributed by atoms with van der Waals surface area (Å²) in [5, 5.41) is 11.9. The van der Waals surface area contributed by atoms with E-state index in [-0.39, 0.29) is 16.5 Å². The molecule has 1 aromatic carbocycles. The van der Waals surface area contributed by atoms with Crippen LogP contribution in [-0.4, -0.2) is 30.3 Å². The van der Waals surface area contributed by atoms with Crippen molar-refractivity contribution in [1.29, 1.82) is 0 Å². The lowest BCUT2D eigenvalue weighted by molar-refractivity contribution is 0.390. The molecule has 2 aromatic heterocycles. The highest BCUT2D eigenvalue weighted by atomic mass is 32.2. The number of benzene rings is 1. The van der Waals surface area contributed by atoms with Crippen molar-refractivity contribution >= 4 is 21.7 Å². The third-order valence-electron chi connectivity index (χ3n) is 4.58. The Morgan fingerprint density at radius 1 is 1.07 bits per heavy atom. The van der Waals surface area contributed by atoms with Crippen molar-refractivity contribution in [1.82, 2.24) is 15.4 Å². The van der Waals surface area contributed by atoms with Gasteiger partial charge in [0.2, 0.25) is 0 Å². The predicted octanol–water partition coefficient (Wildman–Crippen LogP) is 2.44. The predicted molar refractivity (Wildman–Crippen MR) is 100 cm³/mol. The highest BCUT2D eigenvalue weighted by molar-refractivity contribution is 7.92. The molecule has 0 saturated heterocycles. The van der Waals surface area contributed by atoms with Gasteiger partial charge in [-0.25, -0.2) is 8.42 Å². The second kappa shape index (κ2) is 6.66. The normalized spacial score (nSPS) is 14.1. The largest absolute Gasteiger partial charge is 0.360 e. The van der Waals surface area contributed by atoms with E-state index in [4.69, 9.17) is 4.52 Å². The summed E-state index contributed by atoms with van der Waals surface area (Å²) in [7, 11) is -3.83. The van der Waals surface area contributed by atoms with Crippen molar-refractivity contribution < 1.29 is 12.9 Å². The summed E-state index contributed by atoms with van der Waals surface area (Å²) in [5.41, 5.74) is 2.93. The van der Waals surface area contributed by atoms with Gasteiger partial charge in [0.05, 0.1) is 0 Å². The van der Waals surface area contributed by atoms with Crippen LogP contribution in [0.5, 0.6) is 0 Å². The fraction of sp³-hybridized carbons (Fsp3) is 0.278. The topological polar surface area (TPSA) is 101 Å². The number of hydrogen-bond donors (Lipinski definition) is 1. The van der Waals surface area contributed by atoms with E-state index >= 15 is 0 Å². The fourth-order valence-electron chi connectivity index (χ4n) is 3.29. The van der Waals surface area contributed by atoms with Crippen molar-refractivity contribution in [2.24, 2.45) is 0 Å². The maximum atomic E-state index is 12.5. The molecule has 1 aliphatic heterocycles. The van der Waals surface area contributed by atoms with Crippen LogP contribution in [0.25, 0.3) is 0 Å². The molecule has 0 atom stereocenters. The van der Waals surface area contributed by atoms with E-state index in [9.17, 15) is 8.42 Å². The molecular formula is C18H19N5O3S. The van der Waals surface area contributed by atoms with Gasteiger partial charge < -0.3 is 9.42 Å². The third kappa shape index (κ3) is 3.37. The molecular weight excluding hydrogens is 366 g/mol.